The Labute approximate surface area is 185 Å². The van der Waals surface area contributed by atoms with Crippen LogP contribution in [0.25, 0.3) is 0 Å². The molecule has 0 unspecified atom stereocenters. The minimum atomic E-state index is 1.27. The molecule has 29 heavy (non-hydrogen) atoms. The lowest BCUT2D eigenvalue weighted by molar-refractivity contribution is 0.602. The highest BCUT2D eigenvalue weighted by atomic mass is 14.1. The van der Waals surface area contributed by atoms with Crippen LogP contribution in [0.15, 0.2) is 12.1 Å². The first-order valence-corrected chi connectivity index (χ1v) is 13.2. The Morgan fingerprint density at radius 1 is 0.414 bits per heavy atom. The van der Waals surface area contributed by atoms with Crippen molar-refractivity contribution in [3.63, 3.8) is 0 Å². The van der Waals surface area contributed by atoms with Gasteiger partial charge in [0.25, 0.3) is 0 Å². The number of rotatable bonds is 16. The molecule has 0 aromatic heterocycles. The van der Waals surface area contributed by atoms with Gasteiger partial charge in [-0.15, -0.1) is 0 Å². The Morgan fingerprint density at radius 2 is 0.690 bits per heavy atom. The first-order valence-electron chi connectivity index (χ1n) is 13.2. The summed E-state index contributed by atoms with van der Waals surface area (Å²) in [5.74, 6) is 0. The summed E-state index contributed by atoms with van der Waals surface area (Å²) in [6, 6.07) is 4.78. The molecular formula is C29H54. The second-order valence-electron chi connectivity index (χ2n) is 9.02. The van der Waals surface area contributed by atoms with E-state index >= 15 is 0 Å². The van der Waals surface area contributed by atoms with E-state index in [2.05, 4.69) is 53.7 Å². The quantitative estimate of drug-likeness (QED) is 0.241. The van der Waals surface area contributed by atoms with Crippen molar-refractivity contribution in [3.05, 3.63) is 34.4 Å². The van der Waals surface area contributed by atoms with Crippen molar-refractivity contribution in [2.75, 3.05) is 0 Å². The van der Waals surface area contributed by atoms with Gasteiger partial charge in [-0.25, -0.2) is 0 Å². The molecule has 0 heterocycles. The van der Waals surface area contributed by atoms with E-state index in [1.54, 1.807) is 22.3 Å². The van der Waals surface area contributed by atoms with E-state index < -0.39 is 0 Å². The van der Waals surface area contributed by atoms with Crippen LogP contribution >= 0.6 is 0 Å². The fourth-order valence-electron chi connectivity index (χ4n) is 3.99. The zero-order valence-corrected chi connectivity index (χ0v) is 21.2. The van der Waals surface area contributed by atoms with Crippen LogP contribution in [0.1, 0.15) is 146 Å². The van der Waals surface area contributed by atoms with E-state index in [-0.39, 0.29) is 0 Å². The molecule has 1 aromatic rings. The summed E-state index contributed by atoms with van der Waals surface area (Å²) in [6.45, 7) is 13.7. The van der Waals surface area contributed by atoms with E-state index in [1.165, 1.54) is 109 Å². The van der Waals surface area contributed by atoms with Crippen molar-refractivity contribution in [1.82, 2.24) is 0 Å². The lowest BCUT2D eigenvalue weighted by atomic mass is 9.92. The zero-order chi connectivity index (χ0) is 21.7. The minimum absolute atomic E-state index is 1.27. The summed E-state index contributed by atoms with van der Waals surface area (Å²) >= 11 is 0. The van der Waals surface area contributed by atoms with Crippen molar-refractivity contribution < 1.29 is 0 Å². The van der Waals surface area contributed by atoms with Crippen LogP contribution in [0, 0.1) is 13.8 Å². The van der Waals surface area contributed by atoms with Crippen LogP contribution in [0.5, 0.6) is 0 Å². The van der Waals surface area contributed by atoms with E-state index in [0.29, 0.717) is 0 Å². The van der Waals surface area contributed by atoms with Gasteiger partial charge in [0.1, 0.15) is 0 Å². The van der Waals surface area contributed by atoms with E-state index in [9.17, 15) is 0 Å². The molecule has 0 fully saturated rings. The normalized spacial score (nSPS) is 10.7. The second kappa shape index (κ2) is 20.5. The number of aryl methyl sites for hydroxylation is 2. The Bertz CT molecular complexity index is 428. The predicted molar refractivity (Wildman–Crippen MR) is 135 cm³/mol. The summed E-state index contributed by atoms with van der Waals surface area (Å²) in [5, 5.41) is 0. The Hall–Kier alpha value is -0.780. The number of hydrogen-bond donors (Lipinski definition) is 0. The van der Waals surface area contributed by atoms with Gasteiger partial charge in [-0.3, -0.25) is 0 Å². The highest BCUT2D eigenvalue weighted by Gasteiger charge is 2.06. The minimum Gasteiger partial charge on any atom is -0.0654 e. The van der Waals surface area contributed by atoms with Crippen LogP contribution in [0.4, 0.5) is 0 Å². The third-order valence-electron chi connectivity index (χ3n) is 6.32. The fourth-order valence-corrected chi connectivity index (χ4v) is 3.99. The Balaban J connectivity index is 0.000000734. The van der Waals surface area contributed by atoms with Gasteiger partial charge >= 0.3 is 0 Å². The highest BCUT2D eigenvalue weighted by Crippen LogP contribution is 2.22. The van der Waals surface area contributed by atoms with Gasteiger partial charge in [-0.05, 0) is 61.8 Å². The van der Waals surface area contributed by atoms with Crippen LogP contribution in [0.3, 0.4) is 0 Å². The van der Waals surface area contributed by atoms with Crippen molar-refractivity contribution in [2.24, 2.45) is 0 Å². The molecule has 0 bridgehead atoms. The topological polar surface area (TPSA) is 0 Å². The zero-order valence-electron chi connectivity index (χ0n) is 21.2. The molecule has 0 atom stereocenters. The van der Waals surface area contributed by atoms with E-state index in [1.807, 2.05) is 0 Å². The van der Waals surface area contributed by atoms with Crippen molar-refractivity contribution in [1.29, 1.82) is 0 Å². The number of benzene rings is 1. The molecule has 0 amide bonds. The largest absolute Gasteiger partial charge is 0.0654 e. The summed E-state index contributed by atoms with van der Waals surface area (Å²) < 4.78 is 0. The molecule has 0 aliphatic heterocycles. The molecular weight excluding hydrogens is 348 g/mol. The van der Waals surface area contributed by atoms with Gasteiger partial charge in [-0.2, -0.15) is 0 Å². The third-order valence-corrected chi connectivity index (χ3v) is 6.32. The summed E-state index contributed by atoms with van der Waals surface area (Å²) in [4.78, 5) is 0. The van der Waals surface area contributed by atoms with Crippen LogP contribution in [-0.4, -0.2) is 0 Å². The summed E-state index contributed by atoms with van der Waals surface area (Å²) in [5.41, 5.74) is 6.26. The predicted octanol–water partition coefficient (Wildman–Crippen LogP) is 10.3. The smallest absolute Gasteiger partial charge is 0.0276 e. The van der Waals surface area contributed by atoms with Gasteiger partial charge in [-0.1, -0.05) is 123 Å². The maximum Gasteiger partial charge on any atom is -0.0276 e. The third kappa shape index (κ3) is 14.8. The molecule has 0 saturated heterocycles. The molecule has 0 radical (unpaired) electrons. The SMILES string of the molecule is CCCCCCCCC.CCCCCCc1ccc(CCCCCC)c(C)c1C. The van der Waals surface area contributed by atoms with Gasteiger partial charge < -0.3 is 0 Å². The summed E-state index contributed by atoms with van der Waals surface area (Å²) in [7, 11) is 0. The van der Waals surface area contributed by atoms with Crippen LogP contribution < -0.4 is 0 Å². The number of hydrogen-bond acceptors (Lipinski definition) is 0. The molecule has 1 rings (SSSR count). The maximum atomic E-state index is 2.39. The molecule has 1 aromatic carbocycles. The van der Waals surface area contributed by atoms with Crippen molar-refractivity contribution in [2.45, 2.75) is 151 Å². The molecule has 0 aliphatic carbocycles. The standard InChI is InChI=1S/C20H34.C9H20/c1-5-7-9-11-13-19-15-16-20(18(4)17(19)3)14-12-10-8-6-2;1-3-5-7-9-8-6-4-2/h15-16H,5-14H2,1-4H3;3-9H2,1-2H3. The van der Waals surface area contributed by atoms with E-state index in [4.69, 9.17) is 0 Å². The van der Waals surface area contributed by atoms with E-state index in [0.717, 1.165) is 0 Å². The second-order valence-corrected chi connectivity index (χ2v) is 9.02. The molecule has 0 aliphatic rings. The number of unbranched alkanes of at least 4 members (excludes halogenated alkanes) is 12. The summed E-state index contributed by atoms with van der Waals surface area (Å²) in [6.07, 6.45) is 23.4. The lowest BCUT2D eigenvalue weighted by Gasteiger charge is -2.13. The monoisotopic (exact) mass is 402 g/mol. The molecule has 0 nitrogen and oxygen atoms in total. The average molecular weight is 403 g/mol. The first kappa shape index (κ1) is 28.2. The molecule has 0 N–H and O–H groups in total. The molecule has 0 spiro atoms. The van der Waals surface area contributed by atoms with Gasteiger partial charge in [0, 0.05) is 0 Å². The Morgan fingerprint density at radius 3 is 1.00 bits per heavy atom. The van der Waals surface area contributed by atoms with Gasteiger partial charge in [0.15, 0.2) is 0 Å². The fraction of sp³-hybridized carbons (Fsp3) is 0.793. The van der Waals surface area contributed by atoms with Crippen LogP contribution in [0.2, 0.25) is 0 Å². The average Bonchev–Trinajstić information content (AvgIpc) is 2.73. The lowest BCUT2D eigenvalue weighted by Crippen LogP contribution is -1.98. The van der Waals surface area contributed by atoms with Crippen molar-refractivity contribution >= 4 is 0 Å². The Kier molecular flexibility index (Phi) is 19.9. The molecule has 170 valence electrons. The van der Waals surface area contributed by atoms with Crippen molar-refractivity contribution in [3.8, 4) is 0 Å². The first-order chi connectivity index (χ1) is 14.1. The van der Waals surface area contributed by atoms with Gasteiger partial charge in [0.2, 0.25) is 0 Å². The van der Waals surface area contributed by atoms with Gasteiger partial charge in [0.05, 0.1) is 0 Å². The maximum absolute atomic E-state index is 2.39. The molecule has 0 heteroatoms. The molecule has 0 saturated carbocycles. The highest BCUT2D eigenvalue weighted by molar-refractivity contribution is 5.39. The van der Waals surface area contributed by atoms with Crippen LogP contribution in [-0.2, 0) is 12.8 Å².